The predicted octanol–water partition coefficient (Wildman–Crippen LogP) is 3.72. The molecule has 0 saturated carbocycles. The molecule has 0 amide bonds. The summed E-state index contributed by atoms with van der Waals surface area (Å²) in [5.74, 6) is 0.0785. The first kappa shape index (κ1) is 16.3. The molecule has 1 atom stereocenters. The van der Waals surface area contributed by atoms with Gasteiger partial charge in [0, 0.05) is 29.3 Å². The number of ether oxygens (including phenoxy) is 2. The molecule has 2 heterocycles. The maximum Gasteiger partial charge on any atom is 0.172 e. The van der Waals surface area contributed by atoms with Crippen molar-refractivity contribution in [3.05, 3.63) is 0 Å². The Hall–Kier alpha value is -0.120. The van der Waals surface area contributed by atoms with Gasteiger partial charge in [-0.15, -0.1) is 0 Å². The minimum Gasteiger partial charge on any atom is -0.349 e. The zero-order valence-electron chi connectivity index (χ0n) is 14.6. The molecule has 1 unspecified atom stereocenters. The van der Waals surface area contributed by atoms with Gasteiger partial charge in [-0.1, -0.05) is 27.7 Å². The Bertz CT molecular complexity index is 355. The smallest absolute Gasteiger partial charge is 0.172 e. The number of rotatable bonds is 1. The maximum absolute atomic E-state index is 6.60. The quantitative estimate of drug-likeness (QED) is 0.795. The van der Waals surface area contributed by atoms with Crippen LogP contribution in [0.3, 0.4) is 0 Å². The molecular weight excluding hydrogens is 250 g/mol. The minimum absolute atomic E-state index is 0.0325. The third-order valence-electron chi connectivity index (χ3n) is 4.52. The van der Waals surface area contributed by atoms with Crippen molar-refractivity contribution in [3.63, 3.8) is 0 Å². The van der Waals surface area contributed by atoms with Gasteiger partial charge in [0.25, 0.3) is 0 Å². The molecule has 1 spiro atoms. The molecule has 2 aliphatic heterocycles. The summed E-state index contributed by atoms with van der Waals surface area (Å²) in [6.07, 6.45) is 2.06. The van der Waals surface area contributed by atoms with Crippen LogP contribution in [0.15, 0.2) is 0 Å². The van der Waals surface area contributed by atoms with Gasteiger partial charge < -0.3 is 14.8 Å². The van der Waals surface area contributed by atoms with Crippen molar-refractivity contribution < 1.29 is 9.47 Å². The lowest BCUT2D eigenvalue weighted by Gasteiger charge is -2.58. The molecular formula is C17H33NO2. The minimum atomic E-state index is -0.428. The highest BCUT2D eigenvalue weighted by Gasteiger charge is 2.54. The average molecular weight is 283 g/mol. The summed E-state index contributed by atoms with van der Waals surface area (Å²) >= 11 is 0. The second kappa shape index (κ2) is 4.69. The van der Waals surface area contributed by atoms with Crippen LogP contribution in [0.5, 0.6) is 0 Å². The highest BCUT2D eigenvalue weighted by molar-refractivity contribution is 5.04. The van der Waals surface area contributed by atoms with Crippen molar-refractivity contribution in [1.82, 2.24) is 5.32 Å². The van der Waals surface area contributed by atoms with E-state index < -0.39 is 5.79 Å². The van der Waals surface area contributed by atoms with Gasteiger partial charge >= 0.3 is 0 Å². The van der Waals surface area contributed by atoms with Gasteiger partial charge in [-0.2, -0.15) is 0 Å². The molecule has 0 radical (unpaired) electrons. The Morgan fingerprint density at radius 2 is 1.45 bits per heavy atom. The average Bonchev–Trinajstić information content (AvgIpc) is 2.17. The van der Waals surface area contributed by atoms with Crippen LogP contribution in [0.2, 0.25) is 0 Å². The van der Waals surface area contributed by atoms with Crippen molar-refractivity contribution in [2.24, 2.45) is 11.3 Å². The Morgan fingerprint density at radius 1 is 0.950 bits per heavy atom. The Morgan fingerprint density at radius 3 is 1.90 bits per heavy atom. The van der Waals surface area contributed by atoms with Crippen molar-refractivity contribution in [1.29, 1.82) is 0 Å². The van der Waals surface area contributed by atoms with E-state index >= 15 is 0 Å². The number of piperidine rings is 1. The fourth-order valence-corrected chi connectivity index (χ4v) is 4.46. The molecule has 0 bridgehead atoms. The van der Waals surface area contributed by atoms with E-state index in [0.29, 0.717) is 5.92 Å². The summed E-state index contributed by atoms with van der Waals surface area (Å²) in [7, 11) is 0. The number of hydrogen-bond donors (Lipinski definition) is 1. The van der Waals surface area contributed by atoms with Crippen LogP contribution in [0, 0.1) is 11.3 Å². The highest BCUT2D eigenvalue weighted by atomic mass is 16.7. The topological polar surface area (TPSA) is 30.5 Å². The lowest BCUT2D eigenvalue weighted by molar-refractivity contribution is -0.357. The van der Waals surface area contributed by atoms with Crippen molar-refractivity contribution in [2.75, 3.05) is 6.61 Å². The molecule has 20 heavy (non-hydrogen) atoms. The van der Waals surface area contributed by atoms with Crippen LogP contribution in [0.25, 0.3) is 0 Å². The van der Waals surface area contributed by atoms with E-state index in [1.807, 2.05) is 0 Å². The van der Waals surface area contributed by atoms with Crippen LogP contribution in [0.4, 0.5) is 0 Å². The van der Waals surface area contributed by atoms with Crippen LogP contribution in [0.1, 0.15) is 68.2 Å². The lowest BCUT2D eigenvalue weighted by atomic mass is 9.75. The number of hydrogen-bond acceptors (Lipinski definition) is 3. The van der Waals surface area contributed by atoms with Crippen LogP contribution in [-0.2, 0) is 9.47 Å². The molecule has 0 aromatic carbocycles. The van der Waals surface area contributed by atoms with E-state index in [2.05, 4.69) is 60.7 Å². The van der Waals surface area contributed by atoms with Crippen molar-refractivity contribution in [3.8, 4) is 0 Å². The molecule has 3 nitrogen and oxygen atoms in total. The van der Waals surface area contributed by atoms with E-state index in [4.69, 9.17) is 9.47 Å². The van der Waals surface area contributed by atoms with Crippen LogP contribution < -0.4 is 5.32 Å². The lowest BCUT2D eigenvalue weighted by Crippen LogP contribution is -2.68. The molecule has 1 N–H and O–H groups in total. The summed E-state index contributed by atoms with van der Waals surface area (Å²) < 4.78 is 12.9. The van der Waals surface area contributed by atoms with Crippen LogP contribution >= 0.6 is 0 Å². The van der Waals surface area contributed by atoms with E-state index in [9.17, 15) is 0 Å². The monoisotopic (exact) mass is 283 g/mol. The first-order valence-corrected chi connectivity index (χ1v) is 7.98. The molecule has 118 valence electrons. The summed E-state index contributed by atoms with van der Waals surface area (Å²) in [6.45, 7) is 18.8. The molecule has 0 aliphatic carbocycles. The molecule has 2 rings (SSSR count). The van der Waals surface area contributed by atoms with Gasteiger partial charge in [-0.05, 0) is 33.6 Å². The standard InChI is InChI=1S/C17H33NO2/c1-12(2)13-14(3,4)11-19-17(20-13)9-15(5,6)18-16(7,8)10-17/h12-13,18H,9-11H2,1-8H3. The summed E-state index contributed by atoms with van der Waals surface area (Å²) in [4.78, 5) is 0. The van der Waals surface area contributed by atoms with Crippen molar-refractivity contribution >= 4 is 0 Å². The largest absolute Gasteiger partial charge is 0.349 e. The van der Waals surface area contributed by atoms with E-state index in [1.54, 1.807) is 0 Å². The predicted molar refractivity (Wildman–Crippen MR) is 82.7 cm³/mol. The van der Waals surface area contributed by atoms with E-state index in [0.717, 1.165) is 19.4 Å². The molecule has 2 fully saturated rings. The second-order valence-electron chi connectivity index (χ2n) is 9.22. The van der Waals surface area contributed by atoms with Gasteiger partial charge in [-0.3, -0.25) is 0 Å². The Labute approximate surface area is 124 Å². The Balaban J connectivity index is 2.27. The van der Waals surface area contributed by atoms with Gasteiger partial charge in [0.15, 0.2) is 5.79 Å². The normalized spacial score (nSPS) is 34.4. The SMILES string of the molecule is CC(C)C1OC2(CC(C)(C)NC(C)(C)C2)OCC1(C)C. The third kappa shape index (κ3) is 3.20. The Kier molecular flexibility index (Phi) is 3.81. The number of nitrogens with one attached hydrogen (secondary N) is 1. The zero-order valence-corrected chi connectivity index (χ0v) is 14.6. The van der Waals surface area contributed by atoms with E-state index in [-0.39, 0.29) is 22.6 Å². The first-order valence-electron chi connectivity index (χ1n) is 7.98. The van der Waals surface area contributed by atoms with Crippen LogP contribution in [-0.4, -0.2) is 29.6 Å². The van der Waals surface area contributed by atoms with Gasteiger partial charge in [0.1, 0.15) is 0 Å². The molecule has 2 saturated heterocycles. The second-order valence-corrected chi connectivity index (χ2v) is 9.22. The highest BCUT2D eigenvalue weighted by Crippen LogP contribution is 2.47. The summed E-state index contributed by atoms with van der Waals surface area (Å²) in [6, 6.07) is 0. The van der Waals surface area contributed by atoms with E-state index in [1.165, 1.54) is 0 Å². The molecule has 0 aromatic heterocycles. The third-order valence-corrected chi connectivity index (χ3v) is 4.52. The fourth-order valence-electron chi connectivity index (χ4n) is 4.46. The first-order chi connectivity index (χ1) is 8.87. The van der Waals surface area contributed by atoms with Gasteiger partial charge in [0.05, 0.1) is 12.7 Å². The van der Waals surface area contributed by atoms with Gasteiger partial charge in [0.2, 0.25) is 0 Å². The maximum atomic E-state index is 6.60. The zero-order chi connectivity index (χ0) is 15.4. The van der Waals surface area contributed by atoms with Crippen molar-refractivity contribution in [2.45, 2.75) is 91.2 Å². The fraction of sp³-hybridized carbons (Fsp3) is 1.00. The molecule has 0 aromatic rings. The summed E-state index contributed by atoms with van der Waals surface area (Å²) in [5.41, 5.74) is 0.147. The molecule has 2 aliphatic rings. The summed E-state index contributed by atoms with van der Waals surface area (Å²) in [5, 5.41) is 3.71. The van der Waals surface area contributed by atoms with Gasteiger partial charge in [-0.25, -0.2) is 0 Å². The molecule has 3 heteroatoms.